The van der Waals surface area contributed by atoms with Crippen LogP contribution in [-0.4, -0.2) is 43.4 Å². The molecule has 0 saturated carbocycles. The molecule has 1 saturated heterocycles. The number of hydrogen-bond acceptors (Lipinski definition) is 5. The number of rotatable bonds is 8. The number of piperidine rings is 1. The summed E-state index contributed by atoms with van der Waals surface area (Å²) < 4.78 is 108. The first-order valence-electron chi connectivity index (χ1n) is 13.0. The average molecular weight is 592 g/mol. The molecule has 1 aliphatic heterocycles. The molecule has 2 atom stereocenters. The molecule has 3 N–H and O–H groups in total. The lowest BCUT2D eigenvalue weighted by molar-refractivity contribution is -0.140. The topological polar surface area (TPSA) is 92.5 Å². The lowest BCUT2D eigenvalue weighted by Gasteiger charge is -2.51. The van der Waals surface area contributed by atoms with Crippen LogP contribution in [0.3, 0.4) is 0 Å². The first-order chi connectivity index (χ1) is 18.7. The van der Waals surface area contributed by atoms with Crippen molar-refractivity contribution in [1.82, 2.24) is 10.2 Å². The summed E-state index contributed by atoms with van der Waals surface area (Å²) in [4.78, 5) is 11.1. The molecular formula is C27H31F6N3O3S. The Morgan fingerprint density at radius 1 is 1.05 bits per heavy atom. The molecule has 1 fully saturated rings. The number of nitrogens with one attached hydrogen (secondary N) is 1. The Balaban J connectivity index is 1.78. The quantitative estimate of drug-likeness (QED) is 0.409. The van der Waals surface area contributed by atoms with E-state index in [4.69, 9.17) is 5.73 Å². The van der Waals surface area contributed by atoms with Crippen LogP contribution in [0, 0.1) is 0 Å². The molecule has 40 heavy (non-hydrogen) atoms. The molecule has 1 aliphatic carbocycles. The highest BCUT2D eigenvalue weighted by Crippen LogP contribution is 2.49. The van der Waals surface area contributed by atoms with Gasteiger partial charge in [0.05, 0.1) is 23.4 Å². The van der Waals surface area contributed by atoms with Crippen molar-refractivity contribution in [1.29, 1.82) is 0 Å². The van der Waals surface area contributed by atoms with Crippen LogP contribution in [0.2, 0.25) is 0 Å². The summed E-state index contributed by atoms with van der Waals surface area (Å²) in [5, 5.41) is 2.36. The maximum absolute atomic E-state index is 14.3. The van der Waals surface area contributed by atoms with E-state index in [2.05, 4.69) is 5.32 Å². The standard InChI is InChI=1S/C27H31F6N3O3S/c28-26(29,30)17-35-16-18-10-11-20-19(14-18)6-5-8-22(20)36-13-4-3-12-25(36,15-24(34)37)40(38,39)23-9-2-1-7-21(23)27(31,32)33/h1-2,7,9-11,14,22,35H,3-6,8,12-13,15-17H2,(H2,34,37). The molecule has 0 spiro atoms. The van der Waals surface area contributed by atoms with E-state index < -0.39 is 62.4 Å². The number of benzene rings is 2. The number of nitrogens with two attached hydrogens (primary N) is 1. The molecule has 4 rings (SSSR count). The molecule has 1 heterocycles. The zero-order valence-electron chi connectivity index (χ0n) is 21.6. The summed E-state index contributed by atoms with van der Waals surface area (Å²) >= 11 is 0. The van der Waals surface area contributed by atoms with Crippen LogP contribution in [0.15, 0.2) is 47.4 Å². The normalized spacial score (nSPS) is 22.6. The van der Waals surface area contributed by atoms with Crippen LogP contribution in [0.4, 0.5) is 26.3 Å². The Morgan fingerprint density at radius 3 is 2.45 bits per heavy atom. The smallest absolute Gasteiger partial charge is 0.370 e. The van der Waals surface area contributed by atoms with Crippen molar-refractivity contribution in [3.63, 3.8) is 0 Å². The summed E-state index contributed by atoms with van der Waals surface area (Å²) in [6, 6.07) is 8.60. The van der Waals surface area contributed by atoms with Gasteiger partial charge in [-0.15, -0.1) is 0 Å². The van der Waals surface area contributed by atoms with E-state index >= 15 is 0 Å². The molecule has 0 bridgehead atoms. The molecule has 2 aliphatic rings. The summed E-state index contributed by atoms with van der Waals surface area (Å²) in [5.74, 6) is -0.943. The third-order valence-electron chi connectivity index (χ3n) is 7.69. The predicted molar refractivity (Wildman–Crippen MR) is 136 cm³/mol. The highest BCUT2D eigenvalue weighted by atomic mass is 32.2. The highest BCUT2D eigenvalue weighted by Gasteiger charge is 2.55. The Hall–Kier alpha value is -2.64. The molecule has 220 valence electrons. The molecule has 0 aromatic heterocycles. The molecule has 2 unspecified atom stereocenters. The number of fused-ring (bicyclic) bond motifs is 1. The SMILES string of the molecule is NC(=O)CC1(S(=O)(=O)c2ccccc2C(F)(F)F)CCCCN1C1CCCc2cc(CNCC(F)(F)F)ccc21. The van der Waals surface area contributed by atoms with Gasteiger partial charge in [0.25, 0.3) is 0 Å². The lowest BCUT2D eigenvalue weighted by Crippen LogP contribution is -2.60. The molecule has 6 nitrogen and oxygen atoms in total. The predicted octanol–water partition coefficient (Wildman–Crippen LogP) is 5.27. The number of hydrogen-bond donors (Lipinski definition) is 2. The van der Waals surface area contributed by atoms with Gasteiger partial charge in [0, 0.05) is 19.1 Å². The monoisotopic (exact) mass is 591 g/mol. The fourth-order valence-electron chi connectivity index (χ4n) is 6.08. The van der Waals surface area contributed by atoms with Crippen LogP contribution >= 0.6 is 0 Å². The number of aryl methyl sites for hydroxylation is 1. The van der Waals surface area contributed by atoms with Crippen LogP contribution in [0.25, 0.3) is 0 Å². The summed E-state index contributed by atoms with van der Waals surface area (Å²) in [5.41, 5.74) is 6.45. The third kappa shape index (κ3) is 6.15. The number of nitrogens with zero attached hydrogens (tertiary/aromatic N) is 1. The van der Waals surface area contributed by atoms with E-state index in [1.807, 2.05) is 0 Å². The number of primary amides is 1. The van der Waals surface area contributed by atoms with Crippen molar-refractivity contribution in [2.45, 2.75) is 79.7 Å². The van der Waals surface area contributed by atoms with Gasteiger partial charge in [-0.2, -0.15) is 26.3 Å². The van der Waals surface area contributed by atoms with Crippen molar-refractivity contribution in [2.24, 2.45) is 5.73 Å². The third-order valence-corrected chi connectivity index (χ3v) is 10.2. The minimum atomic E-state index is -4.94. The highest BCUT2D eigenvalue weighted by molar-refractivity contribution is 7.92. The summed E-state index contributed by atoms with van der Waals surface area (Å²) in [6.07, 6.45) is -7.36. The van der Waals surface area contributed by atoms with Gasteiger partial charge in [-0.1, -0.05) is 30.3 Å². The molecule has 2 aromatic rings. The second-order valence-corrected chi connectivity index (χ2v) is 12.6. The van der Waals surface area contributed by atoms with Gasteiger partial charge in [-0.05, 0) is 67.3 Å². The Bertz CT molecular complexity index is 1350. The van der Waals surface area contributed by atoms with Gasteiger partial charge in [0.15, 0.2) is 9.84 Å². The van der Waals surface area contributed by atoms with Crippen molar-refractivity contribution >= 4 is 15.7 Å². The molecular weight excluding hydrogens is 560 g/mol. The van der Waals surface area contributed by atoms with E-state index in [-0.39, 0.29) is 19.5 Å². The van der Waals surface area contributed by atoms with Crippen molar-refractivity contribution in [2.75, 3.05) is 13.1 Å². The van der Waals surface area contributed by atoms with Crippen molar-refractivity contribution < 1.29 is 39.6 Å². The zero-order chi connectivity index (χ0) is 29.3. The minimum absolute atomic E-state index is 0.0185. The number of alkyl halides is 6. The van der Waals surface area contributed by atoms with Crippen LogP contribution < -0.4 is 11.1 Å². The number of likely N-dealkylation sites (tertiary alicyclic amines) is 1. The van der Waals surface area contributed by atoms with Crippen molar-refractivity contribution in [3.8, 4) is 0 Å². The maximum atomic E-state index is 14.3. The van der Waals surface area contributed by atoms with Gasteiger partial charge in [-0.25, -0.2) is 8.42 Å². The first kappa shape index (κ1) is 30.3. The molecule has 2 aromatic carbocycles. The van der Waals surface area contributed by atoms with E-state index in [1.54, 1.807) is 23.1 Å². The summed E-state index contributed by atoms with van der Waals surface area (Å²) in [6.45, 7) is -0.942. The van der Waals surface area contributed by atoms with Gasteiger partial charge in [-0.3, -0.25) is 9.69 Å². The second-order valence-electron chi connectivity index (χ2n) is 10.4. The average Bonchev–Trinajstić information content (AvgIpc) is 2.87. The molecule has 0 radical (unpaired) electrons. The Kier molecular flexibility index (Phi) is 8.58. The molecule has 13 heteroatoms. The fourth-order valence-corrected chi connectivity index (χ4v) is 8.49. The summed E-state index contributed by atoms with van der Waals surface area (Å²) in [7, 11) is -4.78. The number of sulfone groups is 1. The number of halogens is 6. The Labute approximate surface area is 228 Å². The van der Waals surface area contributed by atoms with Crippen molar-refractivity contribution in [3.05, 3.63) is 64.7 Å². The largest absolute Gasteiger partial charge is 0.417 e. The minimum Gasteiger partial charge on any atom is -0.370 e. The Morgan fingerprint density at radius 2 is 1.77 bits per heavy atom. The van der Waals surface area contributed by atoms with Gasteiger partial charge < -0.3 is 11.1 Å². The molecule has 1 amide bonds. The van der Waals surface area contributed by atoms with Gasteiger partial charge >= 0.3 is 12.4 Å². The number of amides is 1. The zero-order valence-corrected chi connectivity index (χ0v) is 22.4. The van der Waals surface area contributed by atoms with E-state index in [0.717, 1.165) is 23.3 Å². The van der Waals surface area contributed by atoms with Crippen LogP contribution in [-0.2, 0) is 33.8 Å². The number of carbonyl (C=O) groups excluding carboxylic acids is 1. The van der Waals surface area contributed by atoms with Gasteiger partial charge in [0.2, 0.25) is 5.91 Å². The fraction of sp³-hybridized carbons (Fsp3) is 0.519. The van der Waals surface area contributed by atoms with Crippen LogP contribution in [0.1, 0.15) is 66.8 Å². The van der Waals surface area contributed by atoms with Crippen LogP contribution in [0.5, 0.6) is 0 Å². The lowest BCUT2D eigenvalue weighted by atomic mass is 9.83. The maximum Gasteiger partial charge on any atom is 0.417 e. The van der Waals surface area contributed by atoms with Gasteiger partial charge in [0.1, 0.15) is 4.87 Å². The first-order valence-corrected chi connectivity index (χ1v) is 14.5. The van der Waals surface area contributed by atoms with E-state index in [9.17, 15) is 39.6 Å². The second kappa shape index (κ2) is 11.3. The van der Waals surface area contributed by atoms with E-state index in [1.165, 1.54) is 6.07 Å². The number of carbonyl (C=O) groups is 1. The van der Waals surface area contributed by atoms with E-state index in [0.29, 0.717) is 43.7 Å².